The first-order valence-electron chi connectivity index (χ1n) is 6.78. The third-order valence-electron chi connectivity index (χ3n) is 3.19. The molecule has 0 aliphatic heterocycles. The van der Waals surface area contributed by atoms with Crippen molar-refractivity contribution >= 4 is 16.9 Å². The van der Waals surface area contributed by atoms with Crippen LogP contribution in [0.1, 0.15) is 16.4 Å². The molecule has 0 saturated heterocycles. The number of furan rings is 1. The Morgan fingerprint density at radius 3 is 2.96 bits per heavy atom. The van der Waals surface area contributed by atoms with Crippen molar-refractivity contribution in [3.63, 3.8) is 0 Å². The minimum atomic E-state index is -0.569. The molecule has 0 radical (unpaired) electrons. The molecule has 0 bridgehead atoms. The number of hydrogen-bond acceptors (Lipinski definition) is 7. The second kappa shape index (κ2) is 5.41. The molecule has 114 valence electrons. The molecule has 23 heavy (non-hydrogen) atoms. The lowest BCUT2D eigenvalue weighted by molar-refractivity contribution is 0.0434. The number of rotatable bonds is 4. The van der Waals surface area contributed by atoms with Crippen molar-refractivity contribution in [1.82, 2.24) is 20.4 Å². The molecule has 4 rings (SSSR count). The minimum absolute atomic E-state index is 0.145. The molecular formula is C15H10N4O4. The van der Waals surface area contributed by atoms with Gasteiger partial charge in [0.1, 0.15) is 0 Å². The number of ether oxygens (including phenoxy) is 1. The third kappa shape index (κ3) is 2.46. The van der Waals surface area contributed by atoms with Crippen LogP contribution in [0, 0.1) is 0 Å². The summed E-state index contributed by atoms with van der Waals surface area (Å²) in [4.78, 5) is 12.1. The Kier molecular flexibility index (Phi) is 3.12. The predicted octanol–water partition coefficient (Wildman–Crippen LogP) is 2.56. The number of carbonyl (C=O) groups is 1. The number of benzene rings is 1. The molecule has 0 fully saturated rings. The highest BCUT2D eigenvalue weighted by atomic mass is 16.5. The number of esters is 1. The zero-order valence-electron chi connectivity index (χ0n) is 11.7. The second-order valence-electron chi connectivity index (χ2n) is 4.67. The quantitative estimate of drug-likeness (QED) is 0.577. The van der Waals surface area contributed by atoms with Gasteiger partial charge in [0.25, 0.3) is 11.8 Å². The maximum Gasteiger partial charge on any atom is 0.359 e. The largest absolute Gasteiger partial charge is 0.459 e. The van der Waals surface area contributed by atoms with Crippen molar-refractivity contribution in [2.45, 2.75) is 6.61 Å². The van der Waals surface area contributed by atoms with Gasteiger partial charge in [-0.2, -0.15) is 5.10 Å². The maximum absolute atomic E-state index is 12.1. The smallest absolute Gasteiger partial charge is 0.359 e. The number of aromatic amines is 1. The predicted molar refractivity (Wildman–Crippen MR) is 77.2 cm³/mol. The van der Waals surface area contributed by atoms with Crippen LogP contribution in [-0.4, -0.2) is 26.4 Å². The highest BCUT2D eigenvalue weighted by Crippen LogP contribution is 2.19. The summed E-state index contributed by atoms with van der Waals surface area (Å²) in [5, 5.41) is 15.1. The Labute approximate surface area is 129 Å². The van der Waals surface area contributed by atoms with Crippen LogP contribution in [-0.2, 0) is 11.3 Å². The molecule has 0 aliphatic rings. The number of nitrogens with one attached hydrogen (secondary N) is 1. The third-order valence-corrected chi connectivity index (χ3v) is 3.19. The summed E-state index contributed by atoms with van der Waals surface area (Å²) in [7, 11) is 0. The number of H-pyrrole nitrogens is 1. The molecule has 0 saturated carbocycles. The van der Waals surface area contributed by atoms with Crippen molar-refractivity contribution in [3.8, 4) is 11.7 Å². The van der Waals surface area contributed by atoms with E-state index in [2.05, 4.69) is 20.4 Å². The van der Waals surface area contributed by atoms with Gasteiger partial charge in [-0.05, 0) is 18.2 Å². The molecule has 0 atom stereocenters. The van der Waals surface area contributed by atoms with Gasteiger partial charge in [0.05, 0.1) is 11.8 Å². The van der Waals surface area contributed by atoms with Gasteiger partial charge in [0.2, 0.25) is 0 Å². The van der Waals surface area contributed by atoms with E-state index in [9.17, 15) is 4.79 Å². The number of para-hydroxylation sites is 1. The second-order valence-corrected chi connectivity index (χ2v) is 4.67. The topological polar surface area (TPSA) is 107 Å². The Morgan fingerprint density at radius 1 is 1.17 bits per heavy atom. The van der Waals surface area contributed by atoms with Gasteiger partial charge in [-0.15, -0.1) is 10.2 Å². The van der Waals surface area contributed by atoms with Crippen molar-refractivity contribution in [1.29, 1.82) is 0 Å². The van der Waals surface area contributed by atoms with Gasteiger partial charge in [-0.3, -0.25) is 5.10 Å². The van der Waals surface area contributed by atoms with E-state index in [1.807, 2.05) is 18.2 Å². The van der Waals surface area contributed by atoms with Crippen molar-refractivity contribution < 1.29 is 18.4 Å². The summed E-state index contributed by atoms with van der Waals surface area (Å²) in [6.45, 7) is -0.145. The molecule has 0 unspecified atom stereocenters. The lowest BCUT2D eigenvalue weighted by Gasteiger charge is -1.99. The van der Waals surface area contributed by atoms with Crippen LogP contribution in [0.25, 0.3) is 22.6 Å². The first-order chi connectivity index (χ1) is 11.3. The fourth-order valence-electron chi connectivity index (χ4n) is 2.13. The first kappa shape index (κ1) is 13.3. The van der Waals surface area contributed by atoms with Crippen LogP contribution < -0.4 is 0 Å². The van der Waals surface area contributed by atoms with E-state index < -0.39 is 5.97 Å². The zero-order chi connectivity index (χ0) is 15.6. The Morgan fingerprint density at radius 2 is 2.09 bits per heavy atom. The molecule has 8 heteroatoms. The molecule has 1 N–H and O–H groups in total. The number of nitrogens with zero attached hydrogens (tertiary/aromatic N) is 3. The van der Waals surface area contributed by atoms with E-state index in [4.69, 9.17) is 13.6 Å². The van der Waals surface area contributed by atoms with Crippen LogP contribution in [0.4, 0.5) is 0 Å². The van der Waals surface area contributed by atoms with E-state index in [0.717, 1.165) is 5.52 Å². The van der Waals surface area contributed by atoms with Crippen LogP contribution in [0.2, 0.25) is 0 Å². The standard InChI is InChI=1S/C15H10N4O4/c20-15(13-9-4-1-2-5-10(9)16-18-13)22-8-12-17-19-14(23-12)11-6-3-7-21-11/h1-7H,8H2,(H,16,18). The molecule has 3 aromatic heterocycles. The molecule has 1 aromatic carbocycles. The molecule has 0 aliphatic carbocycles. The van der Waals surface area contributed by atoms with E-state index in [1.165, 1.54) is 6.26 Å². The molecule has 8 nitrogen and oxygen atoms in total. The Balaban J connectivity index is 1.48. The lowest BCUT2D eigenvalue weighted by Crippen LogP contribution is -2.06. The lowest BCUT2D eigenvalue weighted by atomic mass is 10.2. The molecular weight excluding hydrogens is 300 g/mol. The van der Waals surface area contributed by atoms with E-state index in [-0.39, 0.29) is 24.1 Å². The Hall–Kier alpha value is -3.42. The highest BCUT2D eigenvalue weighted by molar-refractivity contribution is 6.01. The van der Waals surface area contributed by atoms with E-state index in [0.29, 0.717) is 11.1 Å². The number of aromatic nitrogens is 4. The van der Waals surface area contributed by atoms with Gasteiger partial charge in [0, 0.05) is 5.39 Å². The molecule has 4 aromatic rings. The van der Waals surface area contributed by atoms with Gasteiger partial charge in [0.15, 0.2) is 18.1 Å². The summed E-state index contributed by atoms with van der Waals surface area (Å²) in [6, 6.07) is 10.7. The summed E-state index contributed by atoms with van der Waals surface area (Å²) >= 11 is 0. The number of fused-ring (bicyclic) bond motifs is 1. The van der Waals surface area contributed by atoms with Crippen molar-refractivity contribution in [3.05, 3.63) is 54.2 Å². The molecule has 3 heterocycles. The molecule has 0 amide bonds. The van der Waals surface area contributed by atoms with Crippen LogP contribution in [0.5, 0.6) is 0 Å². The first-order valence-corrected chi connectivity index (χ1v) is 6.78. The SMILES string of the molecule is O=C(OCc1nnc(-c2ccco2)o1)c1n[nH]c2ccccc12. The maximum atomic E-state index is 12.1. The van der Waals surface area contributed by atoms with Gasteiger partial charge < -0.3 is 13.6 Å². The fraction of sp³-hybridized carbons (Fsp3) is 0.0667. The summed E-state index contributed by atoms with van der Waals surface area (Å²) in [6.07, 6.45) is 1.50. The highest BCUT2D eigenvalue weighted by Gasteiger charge is 2.17. The summed E-state index contributed by atoms with van der Waals surface area (Å²) in [5.74, 6) is 0.282. The van der Waals surface area contributed by atoms with Gasteiger partial charge in [-0.1, -0.05) is 18.2 Å². The average Bonchev–Trinajstić information content (AvgIpc) is 3.31. The number of carbonyl (C=O) groups excluding carboxylic acids is 1. The van der Waals surface area contributed by atoms with Crippen LogP contribution in [0.3, 0.4) is 0 Å². The van der Waals surface area contributed by atoms with E-state index >= 15 is 0 Å². The Bertz CT molecular complexity index is 955. The summed E-state index contributed by atoms with van der Waals surface area (Å²) in [5.41, 5.74) is 0.976. The fourth-order valence-corrected chi connectivity index (χ4v) is 2.13. The van der Waals surface area contributed by atoms with E-state index in [1.54, 1.807) is 18.2 Å². The van der Waals surface area contributed by atoms with Gasteiger partial charge >= 0.3 is 5.97 Å². The van der Waals surface area contributed by atoms with Crippen molar-refractivity contribution in [2.24, 2.45) is 0 Å². The monoisotopic (exact) mass is 310 g/mol. The summed E-state index contributed by atoms with van der Waals surface area (Å²) < 4.78 is 15.7. The molecule has 0 spiro atoms. The van der Waals surface area contributed by atoms with Crippen LogP contribution >= 0.6 is 0 Å². The van der Waals surface area contributed by atoms with Crippen molar-refractivity contribution in [2.75, 3.05) is 0 Å². The van der Waals surface area contributed by atoms with Crippen LogP contribution in [0.15, 0.2) is 51.5 Å². The normalized spacial score (nSPS) is 11.0. The van der Waals surface area contributed by atoms with Gasteiger partial charge in [-0.25, -0.2) is 4.79 Å². The number of hydrogen-bond donors (Lipinski definition) is 1. The zero-order valence-corrected chi connectivity index (χ0v) is 11.7. The minimum Gasteiger partial charge on any atom is -0.459 e. The average molecular weight is 310 g/mol.